The average molecular weight is 250 g/mol. The van der Waals surface area contributed by atoms with Crippen LogP contribution in [-0.4, -0.2) is 46.9 Å². The molecule has 100 valence electrons. The van der Waals surface area contributed by atoms with Crippen LogP contribution in [0.3, 0.4) is 0 Å². The Kier molecular flexibility index (Phi) is 4.69. The number of aliphatic hydroxyl groups is 1. The number of hydrogen-bond donors (Lipinski definition) is 1. The summed E-state index contributed by atoms with van der Waals surface area (Å²) in [5.41, 5.74) is 2.31. The highest BCUT2D eigenvalue weighted by Gasteiger charge is 2.31. The molecular weight excluding hydrogens is 228 g/mol. The lowest BCUT2D eigenvalue weighted by Crippen LogP contribution is -2.26. The van der Waals surface area contributed by atoms with Crippen LogP contribution in [0, 0.1) is 0 Å². The fraction of sp³-hybridized carbons (Fsp3) is 0.643. The zero-order chi connectivity index (χ0) is 13.0. The van der Waals surface area contributed by atoms with Crippen molar-refractivity contribution >= 4 is 0 Å². The minimum atomic E-state index is -0.375. The van der Waals surface area contributed by atoms with E-state index >= 15 is 0 Å². The Morgan fingerprint density at radius 2 is 2.22 bits per heavy atom. The largest absolute Gasteiger partial charge is 0.389 e. The second-order valence-electron chi connectivity index (χ2n) is 4.77. The highest BCUT2D eigenvalue weighted by molar-refractivity contribution is 5.14. The van der Waals surface area contributed by atoms with Crippen molar-refractivity contribution in [1.29, 1.82) is 0 Å². The zero-order valence-corrected chi connectivity index (χ0v) is 11.2. The van der Waals surface area contributed by atoms with E-state index in [1.54, 1.807) is 0 Å². The van der Waals surface area contributed by atoms with Crippen LogP contribution in [0.15, 0.2) is 18.3 Å². The molecule has 2 heterocycles. The number of β-amino-alcohol motifs (C(OH)–C–C–N with tert-alkyl or cyclic N) is 1. The van der Waals surface area contributed by atoms with Crippen LogP contribution in [0.2, 0.25) is 0 Å². The summed E-state index contributed by atoms with van der Waals surface area (Å²) in [6.07, 6.45) is 2.52. The number of aromatic nitrogens is 1. The van der Waals surface area contributed by atoms with Crippen LogP contribution in [0.4, 0.5) is 0 Å². The molecule has 0 aromatic carbocycles. The smallest absolute Gasteiger partial charge is 0.0972 e. The van der Waals surface area contributed by atoms with Crippen molar-refractivity contribution < 1.29 is 9.84 Å². The lowest BCUT2D eigenvalue weighted by atomic mass is 10.2. The fourth-order valence-corrected chi connectivity index (χ4v) is 2.33. The lowest BCUT2D eigenvalue weighted by Gasteiger charge is -2.15. The van der Waals surface area contributed by atoms with E-state index in [1.165, 1.54) is 5.56 Å². The normalized spacial score (nSPS) is 24.6. The molecule has 1 aliphatic heterocycles. The van der Waals surface area contributed by atoms with Crippen LogP contribution in [-0.2, 0) is 17.7 Å². The predicted molar refractivity (Wildman–Crippen MR) is 70.3 cm³/mol. The number of likely N-dealkylation sites (tertiary alicyclic amines) is 1. The molecule has 0 radical (unpaired) electrons. The molecule has 18 heavy (non-hydrogen) atoms. The van der Waals surface area contributed by atoms with Gasteiger partial charge in [0.2, 0.25) is 0 Å². The van der Waals surface area contributed by atoms with Gasteiger partial charge in [-0.2, -0.15) is 0 Å². The summed E-state index contributed by atoms with van der Waals surface area (Å²) in [7, 11) is 0. The molecule has 1 aromatic heterocycles. The minimum absolute atomic E-state index is 0.0510. The Labute approximate surface area is 109 Å². The van der Waals surface area contributed by atoms with Gasteiger partial charge in [-0.3, -0.25) is 9.88 Å². The molecule has 0 aliphatic carbocycles. The molecule has 4 nitrogen and oxygen atoms in total. The second-order valence-corrected chi connectivity index (χ2v) is 4.77. The number of nitrogens with zero attached hydrogens (tertiary/aromatic N) is 2. The van der Waals surface area contributed by atoms with Crippen molar-refractivity contribution in [1.82, 2.24) is 9.88 Å². The van der Waals surface area contributed by atoms with Crippen LogP contribution in [0.25, 0.3) is 0 Å². The van der Waals surface area contributed by atoms with E-state index in [4.69, 9.17) is 4.74 Å². The molecule has 1 aromatic rings. The third-order valence-electron chi connectivity index (χ3n) is 3.37. The highest BCUT2D eigenvalue weighted by atomic mass is 16.5. The molecule has 4 heteroatoms. The molecule has 1 saturated heterocycles. The maximum Gasteiger partial charge on any atom is 0.0972 e. The van der Waals surface area contributed by atoms with E-state index in [2.05, 4.69) is 28.9 Å². The van der Waals surface area contributed by atoms with Gasteiger partial charge in [-0.25, -0.2) is 0 Å². The van der Waals surface area contributed by atoms with Crippen LogP contribution in [0.5, 0.6) is 0 Å². The van der Waals surface area contributed by atoms with Gasteiger partial charge < -0.3 is 9.84 Å². The van der Waals surface area contributed by atoms with Crippen LogP contribution in [0.1, 0.15) is 25.1 Å². The SMILES string of the molecule is CCO[C@H]1CN(Cc2ccc(CC)cn2)C[C@@H]1O. The molecule has 1 fully saturated rings. The molecule has 1 N–H and O–H groups in total. The van der Waals surface area contributed by atoms with Crippen LogP contribution < -0.4 is 0 Å². The number of ether oxygens (including phenoxy) is 1. The summed E-state index contributed by atoms with van der Waals surface area (Å²) in [5, 5.41) is 9.86. The Bertz CT molecular complexity index is 367. The standard InChI is InChI=1S/C14H22N2O2/c1-3-11-5-6-12(15-7-11)8-16-9-13(17)14(10-16)18-4-2/h5-7,13-14,17H,3-4,8-10H2,1-2H3/t13-,14-/m0/s1. The number of aryl methyl sites for hydroxylation is 1. The van der Waals surface area contributed by atoms with Crippen molar-refractivity contribution in [3.63, 3.8) is 0 Å². The summed E-state index contributed by atoms with van der Waals surface area (Å²) in [6.45, 7) is 6.97. The van der Waals surface area contributed by atoms with Gasteiger partial charge >= 0.3 is 0 Å². The van der Waals surface area contributed by atoms with E-state index < -0.39 is 0 Å². The second kappa shape index (κ2) is 6.27. The van der Waals surface area contributed by atoms with E-state index in [-0.39, 0.29) is 12.2 Å². The quantitative estimate of drug-likeness (QED) is 0.853. The van der Waals surface area contributed by atoms with Crippen LogP contribution >= 0.6 is 0 Å². The van der Waals surface area contributed by atoms with Gasteiger partial charge in [0.05, 0.1) is 17.9 Å². The van der Waals surface area contributed by atoms with Crippen molar-refractivity contribution in [2.75, 3.05) is 19.7 Å². The van der Waals surface area contributed by atoms with Crippen molar-refractivity contribution in [2.45, 2.75) is 39.0 Å². The number of rotatable bonds is 5. The first-order valence-corrected chi connectivity index (χ1v) is 6.68. The van der Waals surface area contributed by atoms with E-state index in [0.29, 0.717) is 13.2 Å². The first-order valence-electron chi connectivity index (χ1n) is 6.68. The first kappa shape index (κ1) is 13.5. The Morgan fingerprint density at radius 1 is 1.39 bits per heavy atom. The predicted octanol–water partition coefficient (Wildman–Crippen LogP) is 1.23. The van der Waals surface area contributed by atoms with Crippen molar-refractivity contribution in [3.8, 4) is 0 Å². The van der Waals surface area contributed by atoms with Gasteiger partial charge in [0.15, 0.2) is 0 Å². The molecule has 0 bridgehead atoms. The van der Waals surface area contributed by atoms with Gasteiger partial charge in [-0.1, -0.05) is 13.0 Å². The van der Waals surface area contributed by atoms with Gasteiger partial charge in [0.25, 0.3) is 0 Å². The third-order valence-corrected chi connectivity index (χ3v) is 3.37. The van der Waals surface area contributed by atoms with E-state index in [9.17, 15) is 5.11 Å². The highest BCUT2D eigenvalue weighted by Crippen LogP contribution is 2.16. The summed E-state index contributed by atoms with van der Waals surface area (Å²) < 4.78 is 5.51. The third kappa shape index (κ3) is 3.28. The molecule has 0 amide bonds. The van der Waals surface area contributed by atoms with Gasteiger partial charge in [0, 0.05) is 32.4 Å². The average Bonchev–Trinajstić information content (AvgIpc) is 2.71. The molecule has 1 aliphatic rings. The molecule has 2 atom stereocenters. The molecule has 0 spiro atoms. The molecule has 2 rings (SSSR count). The minimum Gasteiger partial charge on any atom is -0.389 e. The van der Waals surface area contributed by atoms with Crippen molar-refractivity contribution in [2.24, 2.45) is 0 Å². The number of hydrogen-bond acceptors (Lipinski definition) is 4. The van der Waals surface area contributed by atoms with Crippen molar-refractivity contribution in [3.05, 3.63) is 29.6 Å². The summed E-state index contributed by atoms with van der Waals surface area (Å²) in [4.78, 5) is 6.64. The first-order chi connectivity index (χ1) is 8.72. The molecule has 0 unspecified atom stereocenters. The summed E-state index contributed by atoms with van der Waals surface area (Å²) >= 11 is 0. The van der Waals surface area contributed by atoms with E-state index in [0.717, 1.165) is 25.2 Å². The Balaban J connectivity index is 1.90. The topological polar surface area (TPSA) is 45.6 Å². The summed E-state index contributed by atoms with van der Waals surface area (Å²) in [6, 6.07) is 4.19. The maximum absolute atomic E-state index is 9.86. The number of pyridine rings is 1. The molecule has 0 saturated carbocycles. The fourth-order valence-electron chi connectivity index (χ4n) is 2.33. The molecular formula is C14H22N2O2. The zero-order valence-electron chi connectivity index (χ0n) is 11.2. The van der Waals surface area contributed by atoms with Gasteiger partial charge in [-0.15, -0.1) is 0 Å². The lowest BCUT2D eigenvalue weighted by molar-refractivity contribution is -0.00245. The summed E-state index contributed by atoms with van der Waals surface area (Å²) in [5.74, 6) is 0. The van der Waals surface area contributed by atoms with E-state index in [1.807, 2.05) is 13.1 Å². The number of aliphatic hydroxyl groups excluding tert-OH is 1. The Hall–Kier alpha value is -0.970. The Morgan fingerprint density at radius 3 is 2.83 bits per heavy atom. The monoisotopic (exact) mass is 250 g/mol. The van der Waals surface area contributed by atoms with Gasteiger partial charge in [0.1, 0.15) is 0 Å². The maximum atomic E-state index is 9.86. The van der Waals surface area contributed by atoms with Gasteiger partial charge in [-0.05, 0) is 25.0 Å².